The van der Waals surface area contributed by atoms with E-state index in [4.69, 9.17) is 4.42 Å². The first-order chi connectivity index (χ1) is 9.76. The third-order valence-corrected chi connectivity index (χ3v) is 6.14. The summed E-state index contributed by atoms with van der Waals surface area (Å²) in [6.45, 7) is 3.23. The van der Waals surface area contributed by atoms with E-state index in [1.807, 2.05) is 12.3 Å². The second-order valence-electron chi connectivity index (χ2n) is 7.75. The Balaban J connectivity index is 1.54. The molecule has 1 N–H and O–H groups in total. The number of rotatable bonds is 5. The Morgan fingerprint density at radius 3 is 2.35 bits per heavy atom. The molecule has 110 valence electrons. The number of furan rings is 1. The summed E-state index contributed by atoms with van der Waals surface area (Å²) in [7, 11) is 0. The Labute approximate surface area is 122 Å². The van der Waals surface area contributed by atoms with E-state index < -0.39 is 0 Å². The predicted molar refractivity (Wildman–Crippen MR) is 80.3 cm³/mol. The van der Waals surface area contributed by atoms with E-state index in [1.165, 1.54) is 44.9 Å². The summed E-state index contributed by atoms with van der Waals surface area (Å²) in [6.07, 6.45) is 12.2. The summed E-state index contributed by atoms with van der Waals surface area (Å²) < 4.78 is 5.70. The molecule has 1 heterocycles. The van der Waals surface area contributed by atoms with Crippen molar-refractivity contribution in [2.24, 2.45) is 23.2 Å². The molecule has 2 heteroatoms. The minimum atomic E-state index is 0.422. The molecular formula is C18H27NO. The molecule has 0 radical (unpaired) electrons. The lowest BCUT2D eigenvalue weighted by molar-refractivity contribution is -0.0631. The van der Waals surface area contributed by atoms with Gasteiger partial charge in [-0.3, -0.25) is 0 Å². The molecule has 5 rings (SSSR count). The first-order valence-electron chi connectivity index (χ1n) is 8.53. The summed E-state index contributed by atoms with van der Waals surface area (Å²) in [5.74, 6) is 4.27. The Bertz CT molecular complexity index is 415. The monoisotopic (exact) mass is 273 g/mol. The SMILES string of the molecule is CCNC(CC12CC3CC(CC(C3)C1)C2)c1ccco1. The van der Waals surface area contributed by atoms with Crippen LogP contribution in [0.1, 0.15) is 63.7 Å². The minimum Gasteiger partial charge on any atom is -0.468 e. The summed E-state index contributed by atoms with van der Waals surface area (Å²) >= 11 is 0. The maximum absolute atomic E-state index is 5.70. The first kappa shape index (κ1) is 12.9. The summed E-state index contributed by atoms with van der Waals surface area (Å²) in [5, 5.41) is 3.67. The molecule has 2 nitrogen and oxygen atoms in total. The van der Waals surface area contributed by atoms with Crippen molar-refractivity contribution in [3.8, 4) is 0 Å². The predicted octanol–water partition coefficient (Wildman–Crippen LogP) is 4.54. The number of nitrogens with one attached hydrogen (secondary N) is 1. The van der Waals surface area contributed by atoms with Gasteiger partial charge in [-0.05, 0) is 86.8 Å². The average molecular weight is 273 g/mol. The summed E-state index contributed by atoms with van der Waals surface area (Å²) in [6, 6.07) is 4.60. The van der Waals surface area contributed by atoms with Crippen molar-refractivity contribution in [2.75, 3.05) is 6.54 Å². The highest BCUT2D eigenvalue weighted by Gasteiger charge is 2.51. The maximum Gasteiger partial charge on any atom is 0.120 e. The lowest BCUT2D eigenvalue weighted by Crippen LogP contribution is -2.47. The van der Waals surface area contributed by atoms with Gasteiger partial charge in [-0.2, -0.15) is 0 Å². The topological polar surface area (TPSA) is 25.2 Å². The molecule has 0 aromatic carbocycles. The molecule has 20 heavy (non-hydrogen) atoms. The van der Waals surface area contributed by atoms with E-state index in [2.05, 4.69) is 18.3 Å². The minimum absolute atomic E-state index is 0.422. The molecule has 0 amide bonds. The lowest BCUT2D eigenvalue weighted by atomic mass is 9.48. The molecule has 1 unspecified atom stereocenters. The van der Waals surface area contributed by atoms with Gasteiger partial charge in [-0.15, -0.1) is 0 Å². The third kappa shape index (κ3) is 2.22. The van der Waals surface area contributed by atoms with Gasteiger partial charge in [0.25, 0.3) is 0 Å². The van der Waals surface area contributed by atoms with Crippen LogP contribution in [0.4, 0.5) is 0 Å². The van der Waals surface area contributed by atoms with Gasteiger partial charge in [0.2, 0.25) is 0 Å². The molecule has 4 aliphatic carbocycles. The van der Waals surface area contributed by atoms with Crippen molar-refractivity contribution in [1.29, 1.82) is 0 Å². The highest BCUT2D eigenvalue weighted by molar-refractivity contribution is 5.09. The molecule has 4 bridgehead atoms. The van der Waals surface area contributed by atoms with Gasteiger partial charge >= 0.3 is 0 Å². The van der Waals surface area contributed by atoms with E-state index in [9.17, 15) is 0 Å². The number of hydrogen-bond acceptors (Lipinski definition) is 2. The van der Waals surface area contributed by atoms with Crippen LogP contribution < -0.4 is 5.32 Å². The molecule has 1 atom stereocenters. The maximum atomic E-state index is 5.70. The second-order valence-corrected chi connectivity index (χ2v) is 7.75. The van der Waals surface area contributed by atoms with Crippen LogP contribution in [0.25, 0.3) is 0 Å². The normalized spacial score (nSPS) is 40.1. The Morgan fingerprint density at radius 1 is 1.20 bits per heavy atom. The molecule has 4 fully saturated rings. The first-order valence-corrected chi connectivity index (χ1v) is 8.53. The van der Waals surface area contributed by atoms with Crippen LogP contribution in [-0.4, -0.2) is 6.54 Å². The van der Waals surface area contributed by atoms with Gasteiger partial charge < -0.3 is 9.73 Å². The molecule has 1 aromatic rings. The van der Waals surface area contributed by atoms with Crippen molar-refractivity contribution in [1.82, 2.24) is 5.32 Å². The van der Waals surface area contributed by atoms with Gasteiger partial charge in [0, 0.05) is 0 Å². The van der Waals surface area contributed by atoms with Crippen LogP contribution in [0.2, 0.25) is 0 Å². The largest absolute Gasteiger partial charge is 0.468 e. The molecular weight excluding hydrogens is 246 g/mol. The quantitative estimate of drug-likeness (QED) is 0.852. The van der Waals surface area contributed by atoms with Gasteiger partial charge in [-0.1, -0.05) is 6.92 Å². The molecule has 0 saturated heterocycles. The van der Waals surface area contributed by atoms with Crippen LogP contribution in [0.15, 0.2) is 22.8 Å². The zero-order valence-corrected chi connectivity index (χ0v) is 12.6. The van der Waals surface area contributed by atoms with Crippen molar-refractivity contribution >= 4 is 0 Å². The molecule has 0 spiro atoms. The fraction of sp³-hybridized carbons (Fsp3) is 0.778. The fourth-order valence-electron chi connectivity index (χ4n) is 5.98. The van der Waals surface area contributed by atoms with Crippen molar-refractivity contribution in [3.63, 3.8) is 0 Å². The van der Waals surface area contributed by atoms with E-state index in [-0.39, 0.29) is 0 Å². The van der Waals surface area contributed by atoms with Gasteiger partial charge in [0.15, 0.2) is 0 Å². The molecule has 4 saturated carbocycles. The van der Waals surface area contributed by atoms with E-state index >= 15 is 0 Å². The van der Waals surface area contributed by atoms with Gasteiger partial charge in [0.05, 0.1) is 12.3 Å². The fourth-order valence-corrected chi connectivity index (χ4v) is 5.98. The number of hydrogen-bond donors (Lipinski definition) is 1. The Hall–Kier alpha value is -0.760. The average Bonchev–Trinajstić information content (AvgIpc) is 2.90. The van der Waals surface area contributed by atoms with Crippen LogP contribution >= 0.6 is 0 Å². The highest BCUT2D eigenvalue weighted by atomic mass is 16.3. The third-order valence-electron chi connectivity index (χ3n) is 6.14. The van der Waals surface area contributed by atoms with E-state index in [1.54, 1.807) is 0 Å². The zero-order chi connectivity index (χ0) is 13.6. The molecule has 0 aliphatic heterocycles. The Kier molecular flexibility index (Phi) is 3.17. The van der Waals surface area contributed by atoms with Crippen LogP contribution in [-0.2, 0) is 0 Å². The van der Waals surface area contributed by atoms with Crippen LogP contribution in [0.3, 0.4) is 0 Å². The smallest absolute Gasteiger partial charge is 0.120 e. The zero-order valence-electron chi connectivity index (χ0n) is 12.6. The van der Waals surface area contributed by atoms with Crippen LogP contribution in [0.5, 0.6) is 0 Å². The van der Waals surface area contributed by atoms with Crippen molar-refractivity contribution in [3.05, 3.63) is 24.2 Å². The standard InChI is InChI=1S/C18H27NO/c1-2-19-16(17-4-3-5-20-17)12-18-9-13-6-14(10-18)8-15(7-13)11-18/h3-5,13-16,19H,2,6-12H2,1H3. The highest BCUT2D eigenvalue weighted by Crippen LogP contribution is 2.62. The second kappa shape index (κ2) is 4.91. The van der Waals surface area contributed by atoms with E-state index in [0.29, 0.717) is 11.5 Å². The lowest BCUT2D eigenvalue weighted by Gasteiger charge is -2.57. The molecule has 4 aliphatic rings. The summed E-state index contributed by atoms with van der Waals surface area (Å²) in [4.78, 5) is 0. The molecule has 1 aromatic heterocycles. The van der Waals surface area contributed by atoms with Gasteiger partial charge in [-0.25, -0.2) is 0 Å². The van der Waals surface area contributed by atoms with Crippen LogP contribution in [0, 0.1) is 23.2 Å². The van der Waals surface area contributed by atoms with Crippen molar-refractivity contribution < 1.29 is 4.42 Å². The van der Waals surface area contributed by atoms with E-state index in [0.717, 1.165) is 30.1 Å². The van der Waals surface area contributed by atoms with Crippen molar-refractivity contribution in [2.45, 2.75) is 57.9 Å². The summed E-state index contributed by atoms with van der Waals surface area (Å²) in [5.41, 5.74) is 0.619. The Morgan fingerprint density at radius 2 is 1.85 bits per heavy atom. The van der Waals surface area contributed by atoms with Gasteiger partial charge in [0.1, 0.15) is 5.76 Å².